The van der Waals surface area contributed by atoms with Crippen LogP contribution in [0.5, 0.6) is 11.5 Å². The number of nitrogens with zero attached hydrogens (tertiary/aromatic N) is 1. The summed E-state index contributed by atoms with van der Waals surface area (Å²) >= 11 is 0. The molecule has 0 radical (unpaired) electrons. The molecule has 0 saturated carbocycles. The first-order valence-electron chi connectivity index (χ1n) is 9.12. The minimum absolute atomic E-state index is 0.215. The van der Waals surface area contributed by atoms with Crippen molar-refractivity contribution in [3.05, 3.63) is 89.5 Å². The van der Waals surface area contributed by atoms with E-state index in [0.717, 1.165) is 5.56 Å². The van der Waals surface area contributed by atoms with E-state index in [1.54, 1.807) is 80.9 Å². The van der Waals surface area contributed by atoms with Gasteiger partial charge in [-0.3, -0.25) is 9.59 Å². The normalized spacial score (nSPS) is 10.5. The average molecular weight is 403 g/mol. The van der Waals surface area contributed by atoms with Crippen LogP contribution in [0.4, 0.5) is 5.69 Å². The highest BCUT2D eigenvalue weighted by Gasteiger charge is 2.08. The second-order valence-electron chi connectivity index (χ2n) is 6.21. The first-order chi connectivity index (χ1) is 14.6. The lowest BCUT2D eigenvalue weighted by atomic mass is 10.1. The lowest BCUT2D eigenvalue weighted by Gasteiger charge is -2.07. The Morgan fingerprint density at radius 3 is 2.13 bits per heavy atom. The second kappa shape index (κ2) is 9.88. The number of benzene rings is 3. The number of ether oxygens (including phenoxy) is 2. The number of hydrazone groups is 1. The maximum Gasteiger partial charge on any atom is 0.271 e. The highest BCUT2D eigenvalue weighted by molar-refractivity contribution is 6.04. The van der Waals surface area contributed by atoms with E-state index in [1.165, 1.54) is 6.21 Å². The first-order valence-corrected chi connectivity index (χ1v) is 9.12. The van der Waals surface area contributed by atoms with E-state index in [0.29, 0.717) is 28.3 Å². The minimum Gasteiger partial charge on any atom is -0.493 e. The van der Waals surface area contributed by atoms with Crippen molar-refractivity contribution in [1.29, 1.82) is 0 Å². The summed E-state index contributed by atoms with van der Waals surface area (Å²) < 4.78 is 10.4. The van der Waals surface area contributed by atoms with Crippen LogP contribution in [0.3, 0.4) is 0 Å². The molecule has 7 nitrogen and oxygen atoms in total. The molecule has 2 amide bonds. The topological polar surface area (TPSA) is 89.0 Å². The molecule has 0 aliphatic rings. The van der Waals surface area contributed by atoms with Gasteiger partial charge in [0, 0.05) is 16.8 Å². The van der Waals surface area contributed by atoms with Gasteiger partial charge in [-0.05, 0) is 60.2 Å². The van der Waals surface area contributed by atoms with Crippen LogP contribution >= 0.6 is 0 Å². The predicted molar refractivity (Wildman–Crippen MR) is 115 cm³/mol. The maximum atomic E-state index is 12.3. The molecule has 0 saturated heterocycles. The second-order valence-corrected chi connectivity index (χ2v) is 6.21. The Balaban J connectivity index is 1.58. The third kappa shape index (κ3) is 5.23. The quantitative estimate of drug-likeness (QED) is 0.465. The molecule has 0 bridgehead atoms. The van der Waals surface area contributed by atoms with Crippen LogP contribution in [0.2, 0.25) is 0 Å². The number of amides is 2. The van der Waals surface area contributed by atoms with Gasteiger partial charge in [-0.15, -0.1) is 0 Å². The van der Waals surface area contributed by atoms with Crippen LogP contribution in [0, 0.1) is 0 Å². The highest BCUT2D eigenvalue weighted by Crippen LogP contribution is 2.26. The number of methoxy groups -OCH3 is 2. The molecular weight excluding hydrogens is 382 g/mol. The van der Waals surface area contributed by atoms with Crippen molar-refractivity contribution < 1.29 is 19.1 Å². The fraction of sp³-hybridized carbons (Fsp3) is 0.0870. The average Bonchev–Trinajstić information content (AvgIpc) is 2.79. The van der Waals surface area contributed by atoms with Gasteiger partial charge in [0.05, 0.1) is 20.4 Å². The van der Waals surface area contributed by atoms with E-state index in [1.807, 2.05) is 6.07 Å². The lowest BCUT2D eigenvalue weighted by Crippen LogP contribution is -2.17. The third-order valence-corrected chi connectivity index (χ3v) is 4.23. The van der Waals surface area contributed by atoms with Crippen molar-refractivity contribution in [2.24, 2.45) is 5.10 Å². The fourth-order valence-corrected chi connectivity index (χ4v) is 2.66. The van der Waals surface area contributed by atoms with Crippen LogP contribution in [0.1, 0.15) is 26.3 Å². The van der Waals surface area contributed by atoms with Crippen molar-refractivity contribution in [1.82, 2.24) is 5.43 Å². The smallest absolute Gasteiger partial charge is 0.271 e. The van der Waals surface area contributed by atoms with E-state index in [2.05, 4.69) is 15.8 Å². The molecule has 0 aromatic heterocycles. The maximum absolute atomic E-state index is 12.3. The number of carbonyl (C=O) groups is 2. The Hall–Kier alpha value is -4.13. The van der Waals surface area contributed by atoms with Gasteiger partial charge in [0.2, 0.25) is 0 Å². The van der Waals surface area contributed by atoms with Crippen LogP contribution in [0.25, 0.3) is 0 Å². The van der Waals surface area contributed by atoms with Gasteiger partial charge in [-0.2, -0.15) is 5.10 Å². The summed E-state index contributed by atoms with van der Waals surface area (Å²) in [5.74, 6) is 0.596. The first kappa shape index (κ1) is 20.6. The zero-order valence-electron chi connectivity index (χ0n) is 16.6. The van der Waals surface area contributed by atoms with E-state index >= 15 is 0 Å². The molecular formula is C23H21N3O4. The predicted octanol–water partition coefficient (Wildman–Crippen LogP) is 3.72. The molecule has 0 spiro atoms. The molecule has 0 fully saturated rings. The highest BCUT2D eigenvalue weighted by atomic mass is 16.5. The number of hydrogen-bond acceptors (Lipinski definition) is 5. The Labute approximate surface area is 174 Å². The molecule has 0 heterocycles. The van der Waals surface area contributed by atoms with Gasteiger partial charge in [0.15, 0.2) is 11.5 Å². The molecule has 3 rings (SSSR count). The van der Waals surface area contributed by atoms with Crippen molar-refractivity contribution in [3.63, 3.8) is 0 Å². The minimum atomic E-state index is -0.368. The van der Waals surface area contributed by atoms with Crippen LogP contribution in [0.15, 0.2) is 77.9 Å². The van der Waals surface area contributed by atoms with Crippen LogP contribution in [-0.2, 0) is 0 Å². The number of nitrogens with one attached hydrogen (secondary N) is 2. The molecule has 152 valence electrons. The van der Waals surface area contributed by atoms with Gasteiger partial charge in [0.1, 0.15) is 0 Å². The third-order valence-electron chi connectivity index (χ3n) is 4.23. The van der Waals surface area contributed by atoms with Crippen molar-refractivity contribution in [2.75, 3.05) is 19.5 Å². The molecule has 3 aromatic carbocycles. The zero-order valence-corrected chi connectivity index (χ0v) is 16.6. The fourth-order valence-electron chi connectivity index (χ4n) is 2.66. The van der Waals surface area contributed by atoms with Crippen LogP contribution < -0.4 is 20.2 Å². The number of rotatable bonds is 7. The Bertz CT molecular complexity index is 1050. The standard InChI is InChI=1S/C23H21N3O4/c1-29-20-13-8-16(14-21(20)30-2)15-24-26-23(28)18-9-11-19(12-10-18)25-22(27)17-6-4-3-5-7-17/h3-15H,1-2H3,(H,25,27)(H,26,28). The number of anilines is 1. The summed E-state index contributed by atoms with van der Waals surface area (Å²) in [6.45, 7) is 0. The molecule has 0 aliphatic heterocycles. The van der Waals surface area contributed by atoms with Gasteiger partial charge in [-0.25, -0.2) is 5.43 Å². The zero-order chi connectivity index (χ0) is 21.3. The molecule has 3 aromatic rings. The van der Waals surface area contributed by atoms with E-state index in [4.69, 9.17) is 9.47 Å². The summed E-state index contributed by atoms with van der Waals surface area (Å²) in [4.78, 5) is 24.4. The summed E-state index contributed by atoms with van der Waals surface area (Å²) in [5, 5.41) is 6.76. The Morgan fingerprint density at radius 1 is 0.800 bits per heavy atom. The molecule has 7 heteroatoms. The molecule has 2 N–H and O–H groups in total. The van der Waals surface area contributed by atoms with Gasteiger partial charge < -0.3 is 14.8 Å². The Morgan fingerprint density at radius 2 is 1.47 bits per heavy atom. The largest absolute Gasteiger partial charge is 0.493 e. The van der Waals surface area contributed by atoms with E-state index in [-0.39, 0.29) is 11.8 Å². The van der Waals surface area contributed by atoms with Gasteiger partial charge >= 0.3 is 0 Å². The molecule has 0 atom stereocenters. The van der Waals surface area contributed by atoms with E-state index in [9.17, 15) is 9.59 Å². The molecule has 30 heavy (non-hydrogen) atoms. The van der Waals surface area contributed by atoms with Crippen molar-refractivity contribution >= 4 is 23.7 Å². The summed E-state index contributed by atoms with van der Waals surface area (Å²) in [5.41, 5.74) is 4.78. The number of carbonyl (C=O) groups excluding carboxylic acids is 2. The SMILES string of the molecule is COc1ccc(C=NNC(=O)c2ccc(NC(=O)c3ccccc3)cc2)cc1OC. The summed E-state index contributed by atoms with van der Waals surface area (Å²) in [6.07, 6.45) is 1.51. The van der Waals surface area contributed by atoms with Gasteiger partial charge in [-0.1, -0.05) is 18.2 Å². The van der Waals surface area contributed by atoms with Crippen LogP contribution in [-0.4, -0.2) is 32.2 Å². The molecule has 0 unspecified atom stereocenters. The number of hydrogen-bond donors (Lipinski definition) is 2. The summed E-state index contributed by atoms with van der Waals surface area (Å²) in [7, 11) is 3.11. The Kier molecular flexibility index (Phi) is 6.78. The summed E-state index contributed by atoms with van der Waals surface area (Å²) in [6, 6.07) is 20.7. The van der Waals surface area contributed by atoms with Crippen molar-refractivity contribution in [2.45, 2.75) is 0 Å². The van der Waals surface area contributed by atoms with Gasteiger partial charge in [0.25, 0.3) is 11.8 Å². The lowest BCUT2D eigenvalue weighted by molar-refractivity contribution is 0.0954. The monoisotopic (exact) mass is 403 g/mol. The van der Waals surface area contributed by atoms with E-state index < -0.39 is 0 Å². The molecule has 0 aliphatic carbocycles. The van der Waals surface area contributed by atoms with Crippen molar-refractivity contribution in [3.8, 4) is 11.5 Å².